The fraction of sp³-hybridized carbons (Fsp3) is 0.273. The summed E-state index contributed by atoms with van der Waals surface area (Å²) < 4.78 is 5.41. The van der Waals surface area contributed by atoms with E-state index in [0.29, 0.717) is 0 Å². The number of para-hydroxylation sites is 1. The molecule has 1 nitrogen and oxygen atoms in total. The van der Waals surface area contributed by atoms with Crippen LogP contribution in [0.2, 0.25) is 0 Å². The van der Waals surface area contributed by atoms with Gasteiger partial charge in [0, 0.05) is 0 Å². The van der Waals surface area contributed by atoms with Gasteiger partial charge >= 0.3 is 0 Å². The molecule has 1 rings (SSSR count). The maximum absolute atomic E-state index is 5.41. The molecule has 0 radical (unpaired) electrons. The van der Waals surface area contributed by atoms with Crippen molar-refractivity contribution in [2.45, 2.75) is 20.0 Å². The summed E-state index contributed by atoms with van der Waals surface area (Å²) in [5, 5.41) is 0. The molecule has 0 bridgehead atoms. The SMILES string of the molecule is C=C.CC(C)Oc1ccccc1. The van der Waals surface area contributed by atoms with Crippen LogP contribution in [0.4, 0.5) is 0 Å². The molecule has 12 heavy (non-hydrogen) atoms. The molecule has 66 valence electrons. The van der Waals surface area contributed by atoms with Gasteiger partial charge in [0.05, 0.1) is 6.10 Å². The van der Waals surface area contributed by atoms with E-state index in [0.717, 1.165) is 5.75 Å². The molecule has 1 aromatic carbocycles. The van der Waals surface area contributed by atoms with Gasteiger partial charge in [-0.25, -0.2) is 0 Å². The average molecular weight is 164 g/mol. The van der Waals surface area contributed by atoms with Gasteiger partial charge in [-0.3, -0.25) is 0 Å². The van der Waals surface area contributed by atoms with Crippen molar-refractivity contribution in [1.82, 2.24) is 0 Å². The van der Waals surface area contributed by atoms with Gasteiger partial charge < -0.3 is 4.74 Å². The highest BCUT2D eigenvalue weighted by Crippen LogP contribution is 2.09. The second-order valence-corrected chi connectivity index (χ2v) is 2.48. The Hall–Kier alpha value is -1.24. The maximum atomic E-state index is 5.41. The highest BCUT2D eigenvalue weighted by atomic mass is 16.5. The smallest absolute Gasteiger partial charge is 0.119 e. The number of rotatable bonds is 2. The first-order valence-corrected chi connectivity index (χ1v) is 4.01. The van der Waals surface area contributed by atoms with Crippen LogP contribution in [0.25, 0.3) is 0 Å². The molecule has 0 N–H and O–H groups in total. The summed E-state index contributed by atoms with van der Waals surface area (Å²) in [5.41, 5.74) is 0. The summed E-state index contributed by atoms with van der Waals surface area (Å²) in [6.07, 6.45) is 0.266. The molecule has 0 atom stereocenters. The molecule has 0 saturated carbocycles. The zero-order valence-corrected chi connectivity index (χ0v) is 7.79. The fourth-order valence-corrected chi connectivity index (χ4v) is 0.771. The largest absolute Gasteiger partial charge is 0.491 e. The maximum Gasteiger partial charge on any atom is 0.119 e. The van der Waals surface area contributed by atoms with E-state index in [1.54, 1.807) is 0 Å². The average Bonchev–Trinajstić information content (AvgIpc) is 2.08. The Morgan fingerprint density at radius 3 is 2.00 bits per heavy atom. The number of benzene rings is 1. The minimum atomic E-state index is 0.266. The summed E-state index contributed by atoms with van der Waals surface area (Å²) in [6, 6.07) is 9.84. The van der Waals surface area contributed by atoms with Crippen molar-refractivity contribution in [2.75, 3.05) is 0 Å². The number of hydrogen-bond acceptors (Lipinski definition) is 1. The normalized spacial score (nSPS) is 8.58. The molecular formula is C11H16O. The predicted octanol–water partition coefficient (Wildman–Crippen LogP) is 3.28. The first-order valence-electron chi connectivity index (χ1n) is 4.01. The fourth-order valence-electron chi connectivity index (χ4n) is 0.771. The van der Waals surface area contributed by atoms with E-state index in [1.165, 1.54) is 0 Å². The predicted molar refractivity (Wildman–Crippen MR) is 53.5 cm³/mol. The molecule has 0 aromatic heterocycles. The van der Waals surface area contributed by atoms with Crippen LogP contribution in [0.1, 0.15) is 13.8 Å². The quantitative estimate of drug-likeness (QED) is 0.609. The number of ether oxygens (including phenoxy) is 1. The van der Waals surface area contributed by atoms with Crippen molar-refractivity contribution < 1.29 is 4.74 Å². The minimum Gasteiger partial charge on any atom is -0.491 e. The molecule has 0 fully saturated rings. The van der Waals surface area contributed by atoms with E-state index in [1.807, 2.05) is 44.2 Å². The third-order valence-corrected chi connectivity index (χ3v) is 1.11. The van der Waals surface area contributed by atoms with Gasteiger partial charge in [0.2, 0.25) is 0 Å². The molecule has 0 unspecified atom stereocenters. The highest BCUT2D eigenvalue weighted by Gasteiger charge is 1.92. The van der Waals surface area contributed by atoms with Gasteiger partial charge in [0.15, 0.2) is 0 Å². The van der Waals surface area contributed by atoms with Crippen LogP contribution in [0.3, 0.4) is 0 Å². The summed E-state index contributed by atoms with van der Waals surface area (Å²) in [7, 11) is 0. The van der Waals surface area contributed by atoms with Gasteiger partial charge in [0.1, 0.15) is 5.75 Å². The van der Waals surface area contributed by atoms with Crippen molar-refractivity contribution in [3.05, 3.63) is 43.5 Å². The van der Waals surface area contributed by atoms with Crippen LogP contribution in [0.5, 0.6) is 5.75 Å². The Morgan fingerprint density at radius 1 is 1.08 bits per heavy atom. The topological polar surface area (TPSA) is 9.23 Å². The van der Waals surface area contributed by atoms with Gasteiger partial charge in [-0.05, 0) is 26.0 Å². The van der Waals surface area contributed by atoms with Gasteiger partial charge in [-0.15, -0.1) is 13.2 Å². The van der Waals surface area contributed by atoms with Crippen LogP contribution in [-0.2, 0) is 0 Å². The molecule has 0 amide bonds. The molecule has 1 aromatic rings. The van der Waals surface area contributed by atoms with Crippen LogP contribution in [-0.4, -0.2) is 6.10 Å². The lowest BCUT2D eigenvalue weighted by molar-refractivity contribution is 0.242. The third-order valence-electron chi connectivity index (χ3n) is 1.11. The Kier molecular flexibility index (Phi) is 5.80. The van der Waals surface area contributed by atoms with Gasteiger partial charge in [-0.2, -0.15) is 0 Å². The molecule has 0 heterocycles. The highest BCUT2D eigenvalue weighted by molar-refractivity contribution is 5.20. The van der Waals surface area contributed by atoms with Crippen LogP contribution >= 0.6 is 0 Å². The van der Waals surface area contributed by atoms with E-state index >= 15 is 0 Å². The molecule has 0 aliphatic rings. The van der Waals surface area contributed by atoms with E-state index < -0.39 is 0 Å². The minimum absolute atomic E-state index is 0.266. The Labute approximate surface area is 74.7 Å². The lowest BCUT2D eigenvalue weighted by atomic mass is 10.3. The van der Waals surface area contributed by atoms with Crippen molar-refractivity contribution >= 4 is 0 Å². The molecular weight excluding hydrogens is 148 g/mol. The molecule has 0 spiro atoms. The summed E-state index contributed by atoms with van der Waals surface area (Å²) in [6.45, 7) is 10.0. The molecule has 0 aliphatic heterocycles. The zero-order chi connectivity index (χ0) is 9.40. The van der Waals surface area contributed by atoms with Gasteiger partial charge in [0.25, 0.3) is 0 Å². The monoisotopic (exact) mass is 164 g/mol. The molecule has 0 aliphatic carbocycles. The summed E-state index contributed by atoms with van der Waals surface area (Å²) in [4.78, 5) is 0. The second kappa shape index (κ2) is 6.47. The molecule has 0 saturated heterocycles. The lowest BCUT2D eigenvalue weighted by Gasteiger charge is -2.07. The van der Waals surface area contributed by atoms with Crippen molar-refractivity contribution in [1.29, 1.82) is 0 Å². The van der Waals surface area contributed by atoms with Crippen molar-refractivity contribution in [3.8, 4) is 5.75 Å². The van der Waals surface area contributed by atoms with Crippen LogP contribution < -0.4 is 4.74 Å². The third kappa shape index (κ3) is 4.56. The molecule has 1 heteroatoms. The first kappa shape index (κ1) is 10.8. The summed E-state index contributed by atoms with van der Waals surface area (Å²) in [5.74, 6) is 0.942. The Balaban J connectivity index is 0.000000561. The Bertz CT molecular complexity index is 191. The summed E-state index contributed by atoms with van der Waals surface area (Å²) >= 11 is 0. The van der Waals surface area contributed by atoms with Crippen LogP contribution in [0.15, 0.2) is 43.5 Å². The zero-order valence-electron chi connectivity index (χ0n) is 7.79. The number of hydrogen-bond donors (Lipinski definition) is 0. The second-order valence-electron chi connectivity index (χ2n) is 2.48. The van der Waals surface area contributed by atoms with Crippen molar-refractivity contribution in [2.24, 2.45) is 0 Å². The van der Waals surface area contributed by atoms with Crippen LogP contribution in [0, 0.1) is 0 Å². The Morgan fingerprint density at radius 2 is 1.58 bits per heavy atom. The first-order chi connectivity index (χ1) is 5.79. The van der Waals surface area contributed by atoms with E-state index in [9.17, 15) is 0 Å². The van der Waals surface area contributed by atoms with Crippen molar-refractivity contribution in [3.63, 3.8) is 0 Å². The standard InChI is InChI=1S/C9H12O.C2H4/c1-8(2)10-9-6-4-3-5-7-9;1-2/h3-8H,1-2H3;1-2H2. The van der Waals surface area contributed by atoms with E-state index in [-0.39, 0.29) is 6.10 Å². The van der Waals surface area contributed by atoms with E-state index in [4.69, 9.17) is 4.74 Å². The lowest BCUT2D eigenvalue weighted by Crippen LogP contribution is -2.04. The van der Waals surface area contributed by atoms with Gasteiger partial charge in [-0.1, -0.05) is 18.2 Å². The van der Waals surface area contributed by atoms with E-state index in [2.05, 4.69) is 13.2 Å².